The highest BCUT2D eigenvalue weighted by molar-refractivity contribution is 5.75. The predicted molar refractivity (Wildman–Crippen MR) is 122 cm³/mol. The molecule has 2 heterocycles. The maximum atomic E-state index is 6.41. The molecule has 0 bridgehead atoms. The van der Waals surface area contributed by atoms with Gasteiger partial charge in [0.1, 0.15) is 12.4 Å². The minimum atomic E-state index is 0.346. The van der Waals surface area contributed by atoms with Crippen molar-refractivity contribution in [1.29, 1.82) is 0 Å². The van der Waals surface area contributed by atoms with Gasteiger partial charge in [0.25, 0.3) is 0 Å². The summed E-state index contributed by atoms with van der Waals surface area (Å²) in [5, 5.41) is 7.15. The molecule has 2 fully saturated rings. The number of anilines is 1. The quantitative estimate of drug-likeness (QED) is 0.699. The first-order chi connectivity index (χ1) is 14.9. The van der Waals surface area contributed by atoms with Crippen LogP contribution < -0.4 is 15.4 Å². The molecule has 158 valence electrons. The van der Waals surface area contributed by atoms with Crippen LogP contribution in [0, 0.1) is 5.92 Å². The Morgan fingerprint density at radius 3 is 2.77 bits per heavy atom. The van der Waals surface area contributed by atoms with Gasteiger partial charge in [-0.2, -0.15) is 0 Å². The number of rotatable bonds is 6. The van der Waals surface area contributed by atoms with Gasteiger partial charge in [-0.05, 0) is 55.3 Å². The van der Waals surface area contributed by atoms with E-state index in [-0.39, 0.29) is 0 Å². The molecule has 2 N–H and O–H groups in total. The van der Waals surface area contributed by atoms with E-state index in [4.69, 9.17) is 9.47 Å². The molecule has 1 saturated heterocycles. The van der Waals surface area contributed by atoms with Crippen molar-refractivity contribution in [2.45, 2.75) is 57.5 Å². The zero-order valence-electron chi connectivity index (χ0n) is 17.6. The molecule has 2 aromatic carbocycles. The van der Waals surface area contributed by atoms with Crippen molar-refractivity contribution in [3.05, 3.63) is 65.2 Å². The lowest BCUT2D eigenvalue weighted by atomic mass is 9.78. The molecule has 3 unspecified atom stereocenters. The number of benzene rings is 2. The number of hydrogen-bond acceptors (Lipinski definition) is 4. The van der Waals surface area contributed by atoms with E-state index in [0.717, 1.165) is 30.4 Å². The molecule has 3 atom stereocenters. The Morgan fingerprint density at radius 2 is 1.80 bits per heavy atom. The summed E-state index contributed by atoms with van der Waals surface area (Å²) in [5.74, 6) is 1.72. The first-order valence-electron chi connectivity index (χ1n) is 11.5. The number of fused-ring (bicyclic) bond motifs is 2. The zero-order chi connectivity index (χ0) is 20.2. The summed E-state index contributed by atoms with van der Waals surface area (Å²) in [5.41, 5.74) is 4.68. The summed E-state index contributed by atoms with van der Waals surface area (Å²) in [6.45, 7) is 3.22. The molecule has 3 aliphatic rings. The minimum absolute atomic E-state index is 0.346. The highest BCUT2D eigenvalue weighted by Gasteiger charge is 2.35. The molecule has 5 rings (SSSR count). The van der Waals surface area contributed by atoms with Crippen LogP contribution in [-0.2, 0) is 18.0 Å². The molecule has 2 aliphatic heterocycles. The molecule has 30 heavy (non-hydrogen) atoms. The lowest BCUT2D eigenvalue weighted by Crippen LogP contribution is -2.52. The highest BCUT2D eigenvalue weighted by atomic mass is 16.5. The molecule has 1 aliphatic carbocycles. The molecular formula is C26H32N2O2. The van der Waals surface area contributed by atoms with Crippen molar-refractivity contribution in [1.82, 2.24) is 5.32 Å². The molecule has 0 aromatic heterocycles. The van der Waals surface area contributed by atoms with Gasteiger partial charge in [0, 0.05) is 18.2 Å². The Labute approximate surface area is 179 Å². The Hall–Kier alpha value is -2.30. The van der Waals surface area contributed by atoms with E-state index in [1.165, 1.54) is 48.8 Å². The SMILES string of the molecule is C1=Cc2cccc(OCc3cccc(COC4CCCC5CCCNC54)c3)c2NC1. The van der Waals surface area contributed by atoms with Crippen molar-refractivity contribution in [2.75, 3.05) is 18.4 Å². The largest absolute Gasteiger partial charge is 0.487 e. The maximum absolute atomic E-state index is 6.41. The lowest BCUT2D eigenvalue weighted by Gasteiger charge is -2.41. The summed E-state index contributed by atoms with van der Waals surface area (Å²) in [7, 11) is 0. The van der Waals surface area contributed by atoms with Gasteiger partial charge in [-0.1, -0.05) is 55.0 Å². The third-order valence-corrected chi connectivity index (χ3v) is 6.71. The van der Waals surface area contributed by atoms with Crippen LogP contribution in [0.25, 0.3) is 6.08 Å². The fraction of sp³-hybridized carbons (Fsp3) is 0.462. The fourth-order valence-electron chi connectivity index (χ4n) is 5.20. The van der Waals surface area contributed by atoms with E-state index >= 15 is 0 Å². The van der Waals surface area contributed by atoms with E-state index < -0.39 is 0 Å². The van der Waals surface area contributed by atoms with Crippen LogP contribution >= 0.6 is 0 Å². The molecule has 2 aromatic rings. The standard InChI is InChI=1S/C26H32N2O2/c1-6-19(17-29-23-12-2-8-21-10-4-14-27-25(21)23)16-20(7-1)18-30-24-13-3-9-22-11-5-15-28-26(22)24/h1-2,4,6-8,10,12,16,22,24,26-28H,3,5,9,11,13-15,17-18H2. The van der Waals surface area contributed by atoms with Gasteiger partial charge in [0.05, 0.1) is 18.4 Å². The van der Waals surface area contributed by atoms with Gasteiger partial charge in [-0.15, -0.1) is 0 Å². The Bertz CT molecular complexity index is 892. The lowest BCUT2D eigenvalue weighted by molar-refractivity contribution is -0.0316. The van der Waals surface area contributed by atoms with Crippen LogP contribution in [0.2, 0.25) is 0 Å². The number of hydrogen-bond donors (Lipinski definition) is 2. The van der Waals surface area contributed by atoms with Crippen LogP contribution in [0.5, 0.6) is 5.75 Å². The van der Waals surface area contributed by atoms with Crippen LogP contribution in [0.1, 0.15) is 48.8 Å². The topological polar surface area (TPSA) is 42.5 Å². The first-order valence-corrected chi connectivity index (χ1v) is 11.5. The van der Waals surface area contributed by atoms with Crippen LogP contribution in [-0.4, -0.2) is 25.2 Å². The number of ether oxygens (including phenoxy) is 2. The Morgan fingerprint density at radius 1 is 0.933 bits per heavy atom. The van der Waals surface area contributed by atoms with E-state index in [2.05, 4.69) is 53.1 Å². The van der Waals surface area contributed by atoms with Crippen molar-refractivity contribution in [3.63, 3.8) is 0 Å². The van der Waals surface area contributed by atoms with E-state index in [9.17, 15) is 0 Å². The second kappa shape index (κ2) is 9.23. The minimum Gasteiger partial charge on any atom is -0.487 e. The van der Waals surface area contributed by atoms with Gasteiger partial charge in [-0.25, -0.2) is 0 Å². The van der Waals surface area contributed by atoms with Crippen molar-refractivity contribution in [3.8, 4) is 5.75 Å². The summed E-state index contributed by atoms with van der Waals surface area (Å²) in [4.78, 5) is 0. The monoisotopic (exact) mass is 404 g/mol. The third kappa shape index (κ3) is 4.40. The summed E-state index contributed by atoms with van der Waals surface area (Å²) in [6.07, 6.45) is 11.1. The average Bonchev–Trinajstić information content (AvgIpc) is 2.81. The van der Waals surface area contributed by atoms with Crippen LogP contribution in [0.4, 0.5) is 5.69 Å². The smallest absolute Gasteiger partial charge is 0.143 e. The molecular weight excluding hydrogens is 372 g/mol. The number of nitrogens with one attached hydrogen (secondary N) is 2. The fourth-order valence-corrected chi connectivity index (χ4v) is 5.20. The number of para-hydroxylation sites is 1. The molecule has 1 saturated carbocycles. The van der Waals surface area contributed by atoms with Gasteiger partial charge in [-0.3, -0.25) is 0 Å². The number of piperidine rings is 1. The highest BCUT2D eigenvalue weighted by Crippen LogP contribution is 2.33. The van der Waals surface area contributed by atoms with E-state index in [1.807, 2.05) is 12.1 Å². The summed E-state index contributed by atoms with van der Waals surface area (Å²) < 4.78 is 12.6. The van der Waals surface area contributed by atoms with Crippen LogP contribution in [0.15, 0.2) is 48.5 Å². The maximum Gasteiger partial charge on any atom is 0.143 e. The molecule has 4 heteroatoms. The summed E-state index contributed by atoms with van der Waals surface area (Å²) >= 11 is 0. The first kappa shape index (κ1) is 19.7. The summed E-state index contributed by atoms with van der Waals surface area (Å²) in [6, 6.07) is 15.4. The zero-order valence-corrected chi connectivity index (χ0v) is 17.6. The normalized spacial score (nSPS) is 25.1. The molecule has 0 spiro atoms. The predicted octanol–water partition coefficient (Wildman–Crippen LogP) is 5.14. The second-order valence-electron chi connectivity index (χ2n) is 8.77. The van der Waals surface area contributed by atoms with E-state index in [1.54, 1.807) is 0 Å². The van der Waals surface area contributed by atoms with Crippen molar-refractivity contribution in [2.24, 2.45) is 5.92 Å². The average molecular weight is 405 g/mol. The van der Waals surface area contributed by atoms with Gasteiger partial charge in [0.2, 0.25) is 0 Å². The van der Waals surface area contributed by atoms with Gasteiger partial charge in [0.15, 0.2) is 0 Å². The van der Waals surface area contributed by atoms with Crippen LogP contribution in [0.3, 0.4) is 0 Å². The molecule has 0 amide bonds. The van der Waals surface area contributed by atoms with Crippen molar-refractivity contribution < 1.29 is 9.47 Å². The van der Waals surface area contributed by atoms with Gasteiger partial charge < -0.3 is 20.1 Å². The Kier molecular flexibility index (Phi) is 6.05. The molecule has 0 radical (unpaired) electrons. The van der Waals surface area contributed by atoms with E-state index in [0.29, 0.717) is 25.4 Å². The van der Waals surface area contributed by atoms with Gasteiger partial charge >= 0.3 is 0 Å². The van der Waals surface area contributed by atoms with Crippen molar-refractivity contribution >= 4 is 11.8 Å². The molecule has 4 nitrogen and oxygen atoms in total. The third-order valence-electron chi connectivity index (χ3n) is 6.71. The Balaban J connectivity index is 1.19. The second-order valence-corrected chi connectivity index (χ2v) is 8.77.